The maximum absolute atomic E-state index is 2.64. The van der Waals surface area contributed by atoms with E-state index < -0.39 is 0 Å². The first kappa shape index (κ1) is 36.2. The van der Waals surface area contributed by atoms with E-state index in [2.05, 4.69) is 204 Å². The number of anilines is 6. The van der Waals surface area contributed by atoms with Gasteiger partial charge in [-0.3, -0.25) is 0 Å². The van der Waals surface area contributed by atoms with Crippen LogP contribution in [0.2, 0.25) is 0 Å². The molecule has 0 saturated heterocycles. The summed E-state index contributed by atoms with van der Waals surface area (Å²) < 4.78 is 0. The Labute approximate surface area is 354 Å². The molecule has 0 spiro atoms. The largest absolute Gasteiger partial charge is 0.310 e. The molecule has 290 valence electrons. The molecule has 2 aliphatic carbocycles. The number of fused-ring (bicyclic) bond motifs is 4. The van der Waals surface area contributed by atoms with Gasteiger partial charge in [-0.2, -0.15) is 0 Å². The summed E-state index contributed by atoms with van der Waals surface area (Å²) in [5.74, 6) is 0. The Kier molecular flexibility index (Phi) is 9.47. The van der Waals surface area contributed by atoms with Crippen LogP contribution in [-0.2, 0) is 25.7 Å². The summed E-state index contributed by atoms with van der Waals surface area (Å²) in [4.78, 5) is 5.04. The summed E-state index contributed by atoms with van der Waals surface area (Å²) >= 11 is 0. The smallest absolute Gasteiger partial charge is 0.0540 e. The van der Waals surface area contributed by atoms with Crippen LogP contribution < -0.4 is 9.80 Å². The molecule has 0 unspecified atom stereocenters. The van der Waals surface area contributed by atoms with E-state index in [0.29, 0.717) is 0 Å². The van der Waals surface area contributed by atoms with E-state index in [4.69, 9.17) is 0 Å². The molecule has 2 nitrogen and oxygen atoms in total. The van der Waals surface area contributed by atoms with Crippen molar-refractivity contribution in [3.05, 3.63) is 216 Å². The molecule has 0 atom stereocenters. The predicted molar refractivity (Wildman–Crippen MR) is 255 cm³/mol. The molecule has 2 aliphatic rings. The van der Waals surface area contributed by atoms with Crippen LogP contribution in [0, 0.1) is 0 Å². The Hall–Kier alpha value is -6.90. The monoisotopic (exact) mass is 772 g/mol. The first-order valence-electron chi connectivity index (χ1n) is 21.9. The van der Waals surface area contributed by atoms with Gasteiger partial charge in [0.05, 0.1) is 11.4 Å². The molecule has 60 heavy (non-hydrogen) atoms. The fourth-order valence-corrected chi connectivity index (χ4v) is 10.2. The second kappa shape index (κ2) is 15.7. The average molecular weight is 773 g/mol. The lowest BCUT2D eigenvalue weighted by Gasteiger charge is -2.37. The highest BCUT2D eigenvalue weighted by atomic mass is 15.2. The molecule has 0 N–H and O–H groups in total. The molecule has 0 saturated carbocycles. The quantitative estimate of drug-likeness (QED) is 0.152. The normalized spacial score (nSPS) is 13.5. The van der Waals surface area contributed by atoms with Gasteiger partial charge in [-0.05, 0) is 167 Å². The van der Waals surface area contributed by atoms with Crippen molar-refractivity contribution in [3.63, 3.8) is 0 Å². The summed E-state index contributed by atoms with van der Waals surface area (Å²) in [6, 6.07) is 71.6. The highest BCUT2D eigenvalue weighted by Gasteiger charge is 2.31. The minimum Gasteiger partial charge on any atom is -0.310 e. The van der Waals surface area contributed by atoms with Crippen LogP contribution in [0.1, 0.15) is 47.9 Å². The number of hydrogen-bond donors (Lipinski definition) is 0. The van der Waals surface area contributed by atoms with E-state index in [9.17, 15) is 0 Å². The van der Waals surface area contributed by atoms with Crippen molar-refractivity contribution in [1.29, 1.82) is 0 Å². The van der Waals surface area contributed by atoms with Crippen LogP contribution in [0.25, 0.3) is 43.8 Å². The topological polar surface area (TPSA) is 6.48 Å². The van der Waals surface area contributed by atoms with E-state index in [-0.39, 0.29) is 0 Å². The zero-order chi connectivity index (χ0) is 39.8. The van der Waals surface area contributed by atoms with Gasteiger partial charge < -0.3 is 9.80 Å². The lowest BCUT2D eigenvalue weighted by molar-refractivity contribution is 0.661. The van der Waals surface area contributed by atoms with Crippen LogP contribution in [0.3, 0.4) is 0 Å². The lowest BCUT2D eigenvalue weighted by Crippen LogP contribution is -2.21. The van der Waals surface area contributed by atoms with Gasteiger partial charge in [-0.15, -0.1) is 0 Å². The van der Waals surface area contributed by atoms with Crippen LogP contribution in [0.15, 0.2) is 194 Å². The molecule has 0 amide bonds. The molecule has 0 bridgehead atoms. The van der Waals surface area contributed by atoms with Crippen molar-refractivity contribution in [3.8, 4) is 22.3 Å². The molecule has 9 aromatic rings. The third kappa shape index (κ3) is 6.53. The predicted octanol–water partition coefficient (Wildman–Crippen LogP) is 16.0. The van der Waals surface area contributed by atoms with E-state index in [1.807, 2.05) is 0 Å². The minimum atomic E-state index is 1.11. The maximum Gasteiger partial charge on any atom is 0.0540 e. The van der Waals surface area contributed by atoms with Crippen LogP contribution in [0.4, 0.5) is 34.1 Å². The van der Waals surface area contributed by atoms with Gasteiger partial charge >= 0.3 is 0 Å². The standard InChI is InChI=1S/C58H48N2/c1-4-17-41(18-5-1)42-31-35-48(36-32-42)60(58-54-28-14-12-26-52(54)57(44-20-6-2-7-21-44)53-27-13-15-29-55(53)58)50-38-34-45-39-49(37-33-46(45)40-50)59(47-23-8-3-9-24-47)56-30-16-22-43-19-10-11-25-51(43)56/h1-11,16-25,30-40H,12-15,26-29H2. The third-order valence-corrected chi connectivity index (χ3v) is 13.0. The zero-order valence-electron chi connectivity index (χ0n) is 34.0. The Bertz CT molecular complexity index is 2930. The molecule has 0 heterocycles. The molecule has 0 aromatic heterocycles. The molecule has 0 radical (unpaired) electrons. The van der Waals surface area contributed by atoms with Crippen molar-refractivity contribution in [2.75, 3.05) is 9.80 Å². The zero-order valence-corrected chi connectivity index (χ0v) is 34.0. The van der Waals surface area contributed by atoms with Gasteiger partial charge in [-0.1, -0.05) is 140 Å². The summed E-state index contributed by atoms with van der Waals surface area (Å²) in [6.07, 6.45) is 9.42. The van der Waals surface area contributed by atoms with E-state index in [1.54, 1.807) is 22.3 Å². The SMILES string of the molecule is c1ccc(-c2ccc(N(c3ccc4cc(N(c5ccccc5)c5cccc6ccccc56)ccc4c3)c3c4c(c(-c5ccccc5)c5c3CCCC5)CCCC4)cc2)cc1. The van der Waals surface area contributed by atoms with Crippen molar-refractivity contribution < 1.29 is 0 Å². The van der Waals surface area contributed by atoms with Crippen molar-refractivity contribution in [2.45, 2.75) is 51.4 Å². The first-order valence-corrected chi connectivity index (χ1v) is 21.9. The van der Waals surface area contributed by atoms with Crippen LogP contribution >= 0.6 is 0 Å². The fourth-order valence-electron chi connectivity index (χ4n) is 10.2. The second-order valence-corrected chi connectivity index (χ2v) is 16.6. The Balaban J connectivity index is 1.09. The number of benzene rings is 9. The number of rotatable bonds is 8. The summed E-state index contributed by atoms with van der Waals surface area (Å²) in [6.45, 7) is 0. The Morgan fingerprint density at radius 3 is 1.40 bits per heavy atom. The molecule has 9 aromatic carbocycles. The molecule has 11 rings (SSSR count). The van der Waals surface area contributed by atoms with Crippen molar-refractivity contribution in [2.24, 2.45) is 0 Å². The summed E-state index contributed by atoms with van der Waals surface area (Å²) in [7, 11) is 0. The van der Waals surface area contributed by atoms with Crippen LogP contribution in [-0.4, -0.2) is 0 Å². The van der Waals surface area contributed by atoms with E-state index in [1.165, 1.54) is 92.2 Å². The number of para-hydroxylation sites is 1. The highest BCUT2D eigenvalue weighted by Crippen LogP contribution is 2.50. The van der Waals surface area contributed by atoms with Gasteiger partial charge in [0, 0.05) is 28.1 Å². The molecule has 0 fully saturated rings. The number of hydrogen-bond acceptors (Lipinski definition) is 2. The van der Waals surface area contributed by atoms with Crippen molar-refractivity contribution in [1.82, 2.24) is 0 Å². The molecular weight excluding hydrogens is 725 g/mol. The number of nitrogens with zero attached hydrogens (tertiary/aromatic N) is 2. The maximum atomic E-state index is 2.64. The van der Waals surface area contributed by atoms with Crippen LogP contribution in [0.5, 0.6) is 0 Å². The van der Waals surface area contributed by atoms with E-state index >= 15 is 0 Å². The van der Waals surface area contributed by atoms with Gasteiger partial charge in [0.2, 0.25) is 0 Å². The second-order valence-electron chi connectivity index (χ2n) is 16.6. The Morgan fingerprint density at radius 2 is 0.767 bits per heavy atom. The van der Waals surface area contributed by atoms with Gasteiger partial charge in [0.25, 0.3) is 0 Å². The third-order valence-electron chi connectivity index (χ3n) is 13.0. The molecular formula is C58H48N2. The average Bonchev–Trinajstić information content (AvgIpc) is 3.33. The minimum absolute atomic E-state index is 1.11. The summed E-state index contributed by atoms with van der Waals surface area (Å²) in [5, 5.41) is 4.93. The Morgan fingerprint density at radius 1 is 0.300 bits per heavy atom. The van der Waals surface area contributed by atoms with E-state index in [0.717, 1.165) is 37.1 Å². The lowest BCUT2D eigenvalue weighted by atomic mass is 9.75. The highest BCUT2D eigenvalue weighted by molar-refractivity contribution is 6.01. The first-order chi connectivity index (χ1) is 29.8. The molecule has 2 heteroatoms. The van der Waals surface area contributed by atoms with Crippen molar-refractivity contribution >= 4 is 55.7 Å². The van der Waals surface area contributed by atoms with Gasteiger partial charge in [-0.25, -0.2) is 0 Å². The molecule has 0 aliphatic heterocycles. The fraction of sp³-hybridized carbons (Fsp3) is 0.138. The van der Waals surface area contributed by atoms with Gasteiger partial charge in [0.15, 0.2) is 0 Å². The summed E-state index contributed by atoms with van der Waals surface area (Å²) in [5.41, 5.74) is 19.0. The van der Waals surface area contributed by atoms with Gasteiger partial charge in [0.1, 0.15) is 0 Å².